The van der Waals surface area contributed by atoms with Crippen LogP contribution in [0, 0.1) is 5.92 Å². The van der Waals surface area contributed by atoms with Crippen molar-refractivity contribution in [1.82, 2.24) is 15.0 Å². The molecule has 0 spiro atoms. The number of nitrogens with zero attached hydrogens (tertiary/aromatic N) is 3. The van der Waals surface area contributed by atoms with Crippen molar-refractivity contribution in [1.29, 1.82) is 0 Å². The number of hydrogen-bond acceptors (Lipinski definition) is 6. The van der Waals surface area contributed by atoms with Crippen molar-refractivity contribution in [3.8, 4) is 6.01 Å². The van der Waals surface area contributed by atoms with Crippen LogP contribution in [0.2, 0.25) is 5.28 Å². The molecule has 1 unspecified atom stereocenters. The Balaban J connectivity index is 2.76. The van der Waals surface area contributed by atoms with Crippen LogP contribution in [0.25, 0.3) is 0 Å². The third-order valence-electron chi connectivity index (χ3n) is 2.39. The van der Waals surface area contributed by atoms with Gasteiger partial charge in [0.05, 0.1) is 19.8 Å². The SMILES string of the molecule is CCOCC(Nc1nc(Cl)nc(OC)n1)C(C)C. The minimum absolute atomic E-state index is 0.100. The van der Waals surface area contributed by atoms with E-state index in [1.54, 1.807) is 0 Å². The Labute approximate surface area is 112 Å². The monoisotopic (exact) mass is 274 g/mol. The second kappa shape index (κ2) is 7.33. The van der Waals surface area contributed by atoms with Crippen molar-refractivity contribution < 1.29 is 9.47 Å². The van der Waals surface area contributed by atoms with Gasteiger partial charge in [0.15, 0.2) is 0 Å². The van der Waals surface area contributed by atoms with Gasteiger partial charge in [-0.2, -0.15) is 15.0 Å². The van der Waals surface area contributed by atoms with Gasteiger partial charge in [0.1, 0.15) is 0 Å². The summed E-state index contributed by atoms with van der Waals surface area (Å²) in [6.45, 7) is 7.40. The van der Waals surface area contributed by atoms with Gasteiger partial charge in [0, 0.05) is 6.61 Å². The smallest absolute Gasteiger partial charge is 0.322 e. The highest BCUT2D eigenvalue weighted by atomic mass is 35.5. The maximum atomic E-state index is 5.78. The lowest BCUT2D eigenvalue weighted by atomic mass is 10.1. The van der Waals surface area contributed by atoms with E-state index in [1.807, 2.05) is 6.92 Å². The molecule has 0 fully saturated rings. The summed E-state index contributed by atoms with van der Waals surface area (Å²) in [6.07, 6.45) is 0. The molecule has 1 N–H and O–H groups in total. The van der Waals surface area contributed by atoms with E-state index < -0.39 is 0 Å². The van der Waals surface area contributed by atoms with Crippen LogP contribution in [0.4, 0.5) is 5.95 Å². The molecule has 1 heterocycles. The fourth-order valence-electron chi connectivity index (χ4n) is 1.30. The third kappa shape index (κ3) is 4.62. The summed E-state index contributed by atoms with van der Waals surface area (Å²) < 4.78 is 10.4. The number of halogens is 1. The van der Waals surface area contributed by atoms with Crippen molar-refractivity contribution in [2.75, 3.05) is 25.6 Å². The number of rotatable bonds is 7. The van der Waals surface area contributed by atoms with Crippen LogP contribution in [0.3, 0.4) is 0 Å². The first kappa shape index (κ1) is 14.9. The van der Waals surface area contributed by atoms with E-state index in [9.17, 15) is 0 Å². The lowest BCUT2D eigenvalue weighted by Gasteiger charge is -2.22. The summed E-state index contributed by atoms with van der Waals surface area (Å²) in [5.41, 5.74) is 0. The molecule has 0 aliphatic heterocycles. The summed E-state index contributed by atoms with van der Waals surface area (Å²) in [7, 11) is 1.48. The Bertz CT molecular complexity index is 376. The van der Waals surface area contributed by atoms with Crippen LogP contribution in [-0.4, -0.2) is 41.3 Å². The zero-order valence-electron chi connectivity index (χ0n) is 11.1. The maximum Gasteiger partial charge on any atom is 0.322 e. The standard InChI is InChI=1S/C11H19ClN4O2/c1-5-18-6-8(7(2)3)13-10-14-9(12)15-11(16-10)17-4/h7-8H,5-6H2,1-4H3,(H,13,14,15,16). The number of anilines is 1. The Morgan fingerprint density at radius 3 is 2.56 bits per heavy atom. The first-order valence-electron chi connectivity index (χ1n) is 5.86. The van der Waals surface area contributed by atoms with E-state index in [4.69, 9.17) is 21.1 Å². The molecule has 0 amide bonds. The normalized spacial score (nSPS) is 12.6. The van der Waals surface area contributed by atoms with Gasteiger partial charge in [-0.3, -0.25) is 0 Å². The van der Waals surface area contributed by atoms with Crippen molar-refractivity contribution in [2.45, 2.75) is 26.8 Å². The van der Waals surface area contributed by atoms with Gasteiger partial charge in [-0.25, -0.2) is 0 Å². The molecule has 0 saturated heterocycles. The first-order valence-corrected chi connectivity index (χ1v) is 6.24. The Morgan fingerprint density at radius 1 is 1.28 bits per heavy atom. The molecule has 0 saturated carbocycles. The molecular formula is C11H19ClN4O2. The topological polar surface area (TPSA) is 69.2 Å². The third-order valence-corrected chi connectivity index (χ3v) is 2.56. The van der Waals surface area contributed by atoms with Gasteiger partial charge >= 0.3 is 6.01 Å². The Morgan fingerprint density at radius 2 is 2.00 bits per heavy atom. The molecule has 0 aliphatic rings. The molecule has 1 rings (SSSR count). The molecule has 18 heavy (non-hydrogen) atoms. The summed E-state index contributed by atoms with van der Waals surface area (Å²) in [6, 6.07) is 0.296. The second-order valence-electron chi connectivity index (χ2n) is 4.07. The van der Waals surface area contributed by atoms with E-state index in [0.29, 0.717) is 25.1 Å². The number of hydrogen-bond donors (Lipinski definition) is 1. The summed E-state index contributed by atoms with van der Waals surface area (Å²) in [5.74, 6) is 0.767. The van der Waals surface area contributed by atoms with E-state index in [0.717, 1.165) is 0 Å². The van der Waals surface area contributed by atoms with Gasteiger partial charge in [0.2, 0.25) is 11.2 Å². The molecule has 1 aromatic heterocycles. The van der Waals surface area contributed by atoms with Gasteiger partial charge < -0.3 is 14.8 Å². The van der Waals surface area contributed by atoms with Gasteiger partial charge in [-0.1, -0.05) is 13.8 Å². The van der Waals surface area contributed by atoms with Crippen LogP contribution in [-0.2, 0) is 4.74 Å². The van der Waals surface area contributed by atoms with E-state index >= 15 is 0 Å². The average Bonchev–Trinajstić information content (AvgIpc) is 2.33. The molecule has 7 heteroatoms. The highest BCUT2D eigenvalue weighted by Gasteiger charge is 2.16. The Hall–Kier alpha value is -1.14. The lowest BCUT2D eigenvalue weighted by Crippen LogP contribution is -2.31. The minimum Gasteiger partial charge on any atom is -0.467 e. The van der Waals surface area contributed by atoms with Crippen LogP contribution in [0.5, 0.6) is 6.01 Å². The van der Waals surface area contributed by atoms with Crippen molar-refractivity contribution >= 4 is 17.5 Å². The molecule has 0 radical (unpaired) electrons. The van der Waals surface area contributed by atoms with Crippen molar-refractivity contribution in [3.05, 3.63) is 5.28 Å². The fourth-order valence-corrected chi connectivity index (χ4v) is 1.45. The number of ether oxygens (including phenoxy) is 2. The van der Waals surface area contributed by atoms with Crippen LogP contribution in [0.15, 0.2) is 0 Å². The van der Waals surface area contributed by atoms with E-state index in [1.165, 1.54) is 7.11 Å². The zero-order chi connectivity index (χ0) is 13.5. The summed E-state index contributed by atoms with van der Waals surface area (Å²) in [5, 5.41) is 3.28. The second-order valence-corrected chi connectivity index (χ2v) is 4.41. The summed E-state index contributed by atoms with van der Waals surface area (Å²) >= 11 is 5.78. The minimum atomic E-state index is 0.100. The summed E-state index contributed by atoms with van der Waals surface area (Å²) in [4.78, 5) is 11.9. The van der Waals surface area contributed by atoms with E-state index in [-0.39, 0.29) is 17.3 Å². The fraction of sp³-hybridized carbons (Fsp3) is 0.727. The van der Waals surface area contributed by atoms with Crippen LogP contribution < -0.4 is 10.1 Å². The van der Waals surface area contributed by atoms with Crippen molar-refractivity contribution in [3.63, 3.8) is 0 Å². The molecule has 6 nitrogen and oxygen atoms in total. The molecule has 1 aromatic rings. The zero-order valence-corrected chi connectivity index (χ0v) is 11.9. The predicted molar refractivity (Wildman–Crippen MR) is 70.1 cm³/mol. The maximum absolute atomic E-state index is 5.78. The average molecular weight is 275 g/mol. The quantitative estimate of drug-likeness (QED) is 0.820. The highest BCUT2D eigenvalue weighted by molar-refractivity contribution is 6.28. The molecule has 102 valence electrons. The highest BCUT2D eigenvalue weighted by Crippen LogP contribution is 2.14. The number of aromatic nitrogens is 3. The van der Waals surface area contributed by atoms with Gasteiger partial charge in [0.25, 0.3) is 0 Å². The first-order chi connectivity index (χ1) is 8.56. The Kier molecular flexibility index (Phi) is 6.07. The predicted octanol–water partition coefficient (Wildman–Crippen LogP) is 2.01. The van der Waals surface area contributed by atoms with Gasteiger partial charge in [-0.15, -0.1) is 0 Å². The molecule has 0 aliphatic carbocycles. The number of nitrogens with one attached hydrogen (secondary N) is 1. The van der Waals surface area contributed by atoms with Gasteiger partial charge in [-0.05, 0) is 24.4 Å². The largest absolute Gasteiger partial charge is 0.467 e. The molecule has 0 bridgehead atoms. The molecule has 1 atom stereocenters. The number of methoxy groups -OCH3 is 1. The van der Waals surface area contributed by atoms with Crippen LogP contribution >= 0.6 is 11.6 Å². The van der Waals surface area contributed by atoms with Crippen molar-refractivity contribution in [2.24, 2.45) is 5.92 Å². The van der Waals surface area contributed by atoms with E-state index in [2.05, 4.69) is 34.1 Å². The molecule has 0 aromatic carbocycles. The molecular weight excluding hydrogens is 256 g/mol. The van der Waals surface area contributed by atoms with Crippen LogP contribution in [0.1, 0.15) is 20.8 Å². The lowest BCUT2D eigenvalue weighted by molar-refractivity contribution is 0.126.